The highest BCUT2D eigenvalue weighted by atomic mass is 35.5. The third kappa shape index (κ3) is 4.34. The lowest BCUT2D eigenvalue weighted by Crippen LogP contribution is -2.36. The van der Waals surface area contributed by atoms with Gasteiger partial charge in [0.2, 0.25) is 10.0 Å². The number of piperidine rings is 1. The van der Waals surface area contributed by atoms with Crippen molar-refractivity contribution in [1.82, 2.24) is 9.62 Å². The minimum atomic E-state index is -3.68. The van der Waals surface area contributed by atoms with E-state index in [0.717, 1.165) is 38.7 Å². The summed E-state index contributed by atoms with van der Waals surface area (Å²) in [4.78, 5) is 12.4. The van der Waals surface area contributed by atoms with Gasteiger partial charge in [-0.2, -0.15) is 4.31 Å². The van der Waals surface area contributed by atoms with Crippen LogP contribution in [0.25, 0.3) is 0 Å². The molecule has 1 amide bonds. The molecule has 0 aliphatic carbocycles. The van der Waals surface area contributed by atoms with E-state index in [1.807, 2.05) is 0 Å². The zero-order valence-electron chi connectivity index (χ0n) is 14.0. The van der Waals surface area contributed by atoms with Crippen LogP contribution in [0.2, 0.25) is 5.02 Å². The molecule has 2 aliphatic rings. The van der Waals surface area contributed by atoms with Gasteiger partial charge in [0.25, 0.3) is 5.91 Å². The van der Waals surface area contributed by atoms with Crippen molar-refractivity contribution in [3.63, 3.8) is 0 Å². The molecule has 3 rings (SSSR count). The van der Waals surface area contributed by atoms with Crippen LogP contribution in [0.1, 0.15) is 42.5 Å². The number of benzene rings is 1. The topological polar surface area (TPSA) is 75.7 Å². The first-order valence-electron chi connectivity index (χ1n) is 8.68. The minimum absolute atomic E-state index is 0.000771. The highest BCUT2D eigenvalue weighted by molar-refractivity contribution is 7.89. The number of sulfonamides is 1. The van der Waals surface area contributed by atoms with Crippen molar-refractivity contribution in [3.8, 4) is 0 Å². The second-order valence-corrected chi connectivity index (χ2v) is 8.77. The van der Waals surface area contributed by atoms with E-state index in [0.29, 0.717) is 19.6 Å². The SMILES string of the molecule is O=C(NC[C@@H]1CCCO1)c1ccc(Cl)c(S(=O)(=O)N2CCCCC2)c1. The fraction of sp³-hybridized carbons (Fsp3) is 0.588. The summed E-state index contributed by atoms with van der Waals surface area (Å²) in [5, 5.41) is 2.94. The monoisotopic (exact) mass is 386 g/mol. The normalized spacial score (nSPS) is 22.0. The molecule has 2 saturated heterocycles. The fourth-order valence-corrected chi connectivity index (χ4v) is 5.22. The van der Waals surface area contributed by atoms with Crippen LogP contribution in [0.5, 0.6) is 0 Å². The van der Waals surface area contributed by atoms with Gasteiger partial charge in [-0.1, -0.05) is 18.0 Å². The summed E-state index contributed by atoms with van der Waals surface area (Å²) in [6.07, 6.45) is 4.69. The summed E-state index contributed by atoms with van der Waals surface area (Å²) in [6.45, 7) is 2.14. The molecule has 0 saturated carbocycles. The third-order valence-corrected chi connectivity index (χ3v) is 7.02. The van der Waals surface area contributed by atoms with Crippen molar-refractivity contribution in [3.05, 3.63) is 28.8 Å². The lowest BCUT2D eigenvalue weighted by molar-refractivity contribution is 0.0857. The van der Waals surface area contributed by atoms with Gasteiger partial charge >= 0.3 is 0 Å². The lowest BCUT2D eigenvalue weighted by Gasteiger charge is -2.26. The smallest absolute Gasteiger partial charge is 0.251 e. The zero-order chi connectivity index (χ0) is 17.9. The summed E-state index contributed by atoms with van der Waals surface area (Å²) < 4.78 is 32.6. The van der Waals surface area contributed by atoms with Gasteiger partial charge < -0.3 is 10.1 Å². The van der Waals surface area contributed by atoms with Crippen LogP contribution >= 0.6 is 11.6 Å². The largest absolute Gasteiger partial charge is 0.376 e. The number of carbonyl (C=O) groups is 1. The van der Waals surface area contributed by atoms with Gasteiger partial charge in [0, 0.05) is 31.8 Å². The highest BCUT2D eigenvalue weighted by Gasteiger charge is 2.29. The van der Waals surface area contributed by atoms with Crippen LogP contribution in [0, 0.1) is 0 Å². The lowest BCUT2D eigenvalue weighted by atomic mass is 10.2. The molecule has 0 unspecified atom stereocenters. The van der Waals surface area contributed by atoms with Crippen molar-refractivity contribution < 1.29 is 17.9 Å². The number of nitrogens with one attached hydrogen (secondary N) is 1. The van der Waals surface area contributed by atoms with Crippen LogP contribution in [0.15, 0.2) is 23.1 Å². The van der Waals surface area contributed by atoms with Gasteiger partial charge in [-0.3, -0.25) is 4.79 Å². The van der Waals surface area contributed by atoms with E-state index in [1.54, 1.807) is 6.07 Å². The van der Waals surface area contributed by atoms with Crippen molar-refractivity contribution in [2.45, 2.75) is 43.1 Å². The molecule has 1 N–H and O–H groups in total. The van der Waals surface area contributed by atoms with E-state index in [9.17, 15) is 13.2 Å². The Morgan fingerprint density at radius 1 is 1.24 bits per heavy atom. The van der Waals surface area contributed by atoms with Crippen LogP contribution in [-0.4, -0.2) is 51.0 Å². The Morgan fingerprint density at radius 3 is 2.68 bits per heavy atom. The molecule has 2 aliphatic heterocycles. The number of rotatable bonds is 5. The quantitative estimate of drug-likeness (QED) is 0.843. The van der Waals surface area contributed by atoms with E-state index < -0.39 is 10.0 Å². The molecule has 8 heteroatoms. The molecule has 1 aromatic rings. The van der Waals surface area contributed by atoms with Crippen LogP contribution in [0.3, 0.4) is 0 Å². The van der Waals surface area contributed by atoms with Gasteiger partial charge in [0.05, 0.1) is 11.1 Å². The minimum Gasteiger partial charge on any atom is -0.376 e. The third-order valence-electron chi connectivity index (χ3n) is 4.64. The average Bonchev–Trinajstić information content (AvgIpc) is 3.14. The number of halogens is 1. The maximum Gasteiger partial charge on any atom is 0.251 e. The number of nitrogens with zero attached hydrogens (tertiary/aromatic N) is 1. The summed E-state index contributed by atoms with van der Waals surface area (Å²) in [7, 11) is -3.68. The predicted molar refractivity (Wildman–Crippen MR) is 95.4 cm³/mol. The second kappa shape index (κ2) is 8.03. The van der Waals surface area contributed by atoms with Crippen molar-refractivity contribution in [2.75, 3.05) is 26.2 Å². The molecule has 1 atom stereocenters. The number of hydrogen-bond acceptors (Lipinski definition) is 4. The van der Waals surface area contributed by atoms with Crippen LogP contribution in [-0.2, 0) is 14.8 Å². The molecule has 25 heavy (non-hydrogen) atoms. The number of hydrogen-bond donors (Lipinski definition) is 1. The predicted octanol–water partition coefficient (Wildman–Crippen LogP) is 2.42. The molecular weight excluding hydrogens is 364 g/mol. The van der Waals surface area contributed by atoms with Crippen molar-refractivity contribution >= 4 is 27.5 Å². The molecular formula is C17H23ClN2O4S. The van der Waals surface area contributed by atoms with Crippen molar-refractivity contribution in [2.24, 2.45) is 0 Å². The number of ether oxygens (including phenoxy) is 1. The first-order chi connectivity index (χ1) is 12.0. The van der Waals surface area contributed by atoms with Gasteiger partial charge in [0.1, 0.15) is 4.90 Å². The molecule has 0 aromatic heterocycles. The summed E-state index contributed by atoms with van der Waals surface area (Å²) in [5.74, 6) is -0.317. The molecule has 0 bridgehead atoms. The highest BCUT2D eigenvalue weighted by Crippen LogP contribution is 2.28. The molecule has 0 radical (unpaired) electrons. The number of carbonyl (C=O) groups excluding carboxylic acids is 1. The maximum absolute atomic E-state index is 12.8. The Labute approximate surface area is 153 Å². The summed E-state index contributed by atoms with van der Waals surface area (Å²) in [5.41, 5.74) is 0.290. The Kier molecular flexibility index (Phi) is 5.99. The van der Waals surface area contributed by atoms with Gasteiger partial charge in [-0.15, -0.1) is 0 Å². The summed E-state index contributed by atoms with van der Waals surface area (Å²) in [6, 6.07) is 4.39. The van der Waals surface area contributed by atoms with Crippen LogP contribution in [0.4, 0.5) is 0 Å². The first-order valence-corrected chi connectivity index (χ1v) is 10.5. The fourth-order valence-electron chi connectivity index (χ4n) is 3.20. The van der Waals surface area contributed by atoms with E-state index in [-0.39, 0.29) is 27.5 Å². The van der Waals surface area contributed by atoms with E-state index >= 15 is 0 Å². The van der Waals surface area contributed by atoms with Crippen LogP contribution < -0.4 is 5.32 Å². The Bertz CT molecular complexity index is 726. The first kappa shape index (κ1) is 18.6. The standard InChI is InChI=1S/C17H23ClN2O4S/c18-15-7-6-13(17(21)19-12-14-5-4-10-24-14)11-16(15)25(22,23)20-8-2-1-3-9-20/h6-7,11,14H,1-5,8-10,12H2,(H,19,21)/t14-/m0/s1. The molecule has 138 valence electrons. The zero-order valence-corrected chi connectivity index (χ0v) is 15.6. The van der Waals surface area contributed by atoms with Crippen molar-refractivity contribution in [1.29, 1.82) is 0 Å². The molecule has 0 spiro atoms. The van der Waals surface area contributed by atoms with E-state index in [4.69, 9.17) is 16.3 Å². The molecule has 2 fully saturated rings. The Hall–Kier alpha value is -1.15. The molecule has 1 aromatic carbocycles. The summed E-state index contributed by atoms with van der Waals surface area (Å²) >= 11 is 6.13. The number of amides is 1. The average molecular weight is 387 g/mol. The van der Waals surface area contributed by atoms with Gasteiger partial charge in [-0.05, 0) is 43.9 Å². The Morgan fingerprint density at radius 2 is 2.00 bits per heavy atom. The Balaban J connectivity index is 1.76. The molecule has 2 heterocycles. The second-order valence-electron chi connectivity index (χ2n) is 6.45. The maximum atomic E-state index is 12.8. The molecule has 6 nitrogen and oxygen atoms in total. The van der Waals surface area contributed by atoms with E-state index in [1.165, 1.54) is 16.4 Å². The van der Waals surface area contributed by atoms with Gasteiger partial charge in [0.15, 0.2) is 0 Å². The van der Waals surface area contributed by atoms with Gasteiger partial charge in [-0.25, -0.2) is 8.42 Å². The van der Waals surface area contributed by atoms with E-state index in [2.05, 4.69) is 5.32 Å².